The van der Waals surface area contributed by atoms with E-state index in [0.29, 0.717) is 11.3 Å². The minimum Gasteiger partial charge on any atom is -0.326 e. The van der Waals surface area contributed by atoms with Gasteiger partial charge in [0.15, 0.2) is 5.78 Å². The fraction of sp³-hybridized carbons (Fsp3) is 0.176. The number of benzene rings is 2. The molecule has 0 saturated carbocycles. The van der Waals surface area contributed by atoms with E-state index in [1.807, 2.05) is 0 Å². The molecule has 0 fully saturated rings. The number of rotatable bonds is 5. The van der Waals surface area contributed by atoms with E-state index in [0.717, 1.165) is 30.0 Å². The van der Waals surface area contributed by atoms with E-state index in [1.165, 1.54) is 6.92 Å². The van der Waals surface area contributed by atoms with Crippen molar-refractivity contribution in [3.05, 3.63) is 59.7 Å². The normalized spacial score (nSPS) is 11.8. The maximum Gasteiger partial charge on any atom is 0.221 e. The molecule has 2 aromatic rings. The molecular weight excluding hydrogens is 320 g/mol. The molecule has 0 aliphatic carbocycles. The van der Waals surface area contributed by atoms with Crippen LogP contribution in [0, 0.1) is 11.6 Å². The van der Waals surface area contributed by atoms with Gasteiger partial charge >= 0.3 is 0 Å². The van der Waals surface area contributed by atoms with Crippen LogP contribution in [0.25, 0.3) is 0 Å². The van der Waals surface area contributed by atoms with Crippen LogP contribution in [0.1, 0.15) is 24.2 Å². The van der Waals surface area contributed by atoms with Crippen molar-refractivity contribution in [2.24, 2.45) is 0 Å². The Balaban J connectivity index is 2.10. The Morgan fingerprint density at radius 2 is 1.74 bits per heavy atom. The summed E-state index contributed by atoms with van der Waals surface area (Å²) in [6, 6.07) is 9.57. The molecule has 0 radical (unpaired) electrons. The minimum absolute atomic E-state index is 0.0979. The van der Waals surface area contributed by atoms with Crippen molar-refractivity contribution in [1.29, 1.82) is 0 Å². The topological polar surface area (TPSA) is 46.2 Å². The van der Waals surface area contributed by atoms with Crippen LogP contribution >= 0.6 is 11.8 Å². The zero-order valence-electron chi connectivity index (χ0n) is 12.6. The standard InChI is InChI=1S/C17H15F2NO2S/c1-10(23-16-9-13(18)5-8-15(16)19)17(22)12-3-6-14(7-4-12)20-11(2)21/h3-10H,1-2H3,(H,20,21)/t10-/m1/s1. The average Bonchev–Trinajstić information content (AvgIpc) is 2.50. The first-order chi connectivity index (χ1) is 10.9. The Kier molecular flexibility index (Phi) is 5.50. The van der Waals surface area contributed by atoms with E-state index < -0.39 is 16.9 Å². The molecule has 6 heteroatoms. The second kappa shape index (κ2) is 7.37. The zero-order chi connectivity index (χ0) is 17.0. The predicted molar refractivity (Wildman–Crippen MR) is 86.8 cm³/mol. The molecule has 2 rings (SSSR count). The first kappa shape index (κ1) is 17.1. The summed E-state index contributed by atoms with van der Waals surface area (Å²) in [6.45, 7) is 3.03. The molecule has 0 saturated heterocycles. The van der Waals surface area contributed by atoms with Gasteiger partial charge in [0.25, 0.3) is 0 Å². The summed E-state index contributed by atoms with van der Waals surface area (Å²) >= 11 is 0.968. The van der Waals surface area contributed by atoms with E-state index in [4.69, 9.17) is 0 Å². The third-order valence-corrected chi connectivity index (χ3v) is 4.19. The number of carbonyl (C=O) groups excluding carboxylic acids is 2. The maximum atomic E-state index is 13.6. The molecule has 23 heavy (non-hydrogen) atoms. The number of nitrogens with one attached hydrogen (secondary N) is 1. The monoisotopic (exact) mass is 335 g/mol. The maximum absolute atomic E-state index is 13.6. The first-order valence-corrected chi connectivity index (χ1v) is 7.78. The lowest BCUT2D eigenvalue weighted by molar-refractivity contribution is -0.114. The predicted octanol–water partition coefficient (Wildman–Crippen LogP) is 4.29. The quantitative estimate of drug-likeness (QED) is 0.655. The van der Waals surface area contributed by atoms with Crippen molar-refractivity contribution in [3.8, 4) is 0 Å². The molecule has 0 heterocycles. The summed E-state index contributed by atoms with van der Waals surface area (Å²) in [5.41, 5.74) is 1.03. The number of thioether (sulfide) groups is 1. The van der Waals surface area contributed by atoms with Crippen molar-refractivity contribution in [2.75, 3.05) is 5.32 Å². The number of carbonyl (C=O) groups is 2. The third kappa shape index (κ3) is 4.63. The van der Waals surface area contributed by atoms with Crippen LogP contribution in [0.4, 0.5) is 14.5 Å². The summed E-state index contributed by atoms with van der Waals surface area (Å²) < 4.78 is 26.8. The first-order valence-electron chi connectivity index (χ1n) is 6.90. The van der Waals surface area contributed by atoms with Gasteiger partial charge in [-0.1, -0.05) is 0 Å². The molecule has 0 aliphatic rings. The van der Waals surface area contributed by atoms with Gasteiger partial charge in [-0.2, -0.15) is 0 Å². The summed E-state index contributed by atoms with van der Waals surface area (Å²) in [4.78, 5) is 23.4. The van der Waals surface area contributed by atoms with E-state index in [9.17, 15) is 18.4 Å². The number of Topliss-reactive ketones (excluding diaryl/α,β-unsaturated/α-hetero) is 1. The van der Waals surface area contributed by atoms with Crippen LogP contribution < -0.4 is 5.32 Å². The SMILES string of the molecule is CC(=O)Nc1ccc(C(=O)[C@@H](C)Sc2cc(F)ccc2F)cc1. The lowest BCUT2D eigenvalue weighted by Gasteiger charge is -2.11. The number of ketones is 1. The summed E-state index contributed by atoms with van der Waals surface area (Å²) in [7, 11) is 0. The Morgan fingerprint density at radius 1 is 1.09 bits per heavy atom. The molecule has 0 aromatic heterocycles. The number of amides is 1. The van der Waals surface area contributed by atoms with Gasteiger partial charge in [-0.05, 0) is 49.4 Å². The van der Waals surface area contributed by atoms with Gasteiger partial charge in [0.2, 0.25) is 5.91 Å². The summed E-state index contributed by atoms with van der Waals surface area (Å²) in [5, 5.41) is 2.04. The molecule has 0 bridgehead atoms. The van der Waals surface area contributed by atoms with Gasteiger partial charge in [0.1, 0.15) is 11.6 Å². The molecule has 0 spiro atoms. The lowest BCUT2D eigenvalue weighted by Crippen LogP contribution is -2.14. The Hall–Kier alpha value is -2.21. The molecule has 3 nitrogen and oxygen atoms in total. The van der Waals surface area contributed by atoms with E-state index in [1.54, 1.807) is 31.2 Å². The Morgan fingerprint density at radius 3 is 2.35 bits per heavy atom. The Labute approximate surface area is 137 Å². The fourth-order valence-corrected chi connectivity index (χ4v) is 2.95. The van der Waals surface area contributed by atoms with Crippen LogP contribution in [0.2, 0.25) is 0 Å². The van der Waals surface area contributed by atoms with E-state index in [-0.39, 0.29) is 16.6 Å². The molecule has 1 atom stereocenters. The van der Waals surface area contributed by atoms with Crippen molar-refractivity contribution >= 4 is 29.1 Å². The minimum atomic E-state index is -0.571. The molecular formula is C17H15F2NO2S. The number of hydrogen-bond donors (Lipinski definition) is 1. The highest BCUT2D eigenvalue weighted by atomic mass is 32.2. The summed E-state index contributed by atoms with van der Waals surface area (Å²) in [6.07, 6.45) is 0. The molecule has 1 N–H and O–H groups in total. The van der Waals surface area contributed by atoms with Crippen LogP contribution in [-0.4, -0.2) is 16.9 Å². The molecule has 0 unspecified atom stereocenters. The van der Waals surface area contributed by atoms with Gasteiger partial charge in [0, 0.05) is 23.1 Å². The van der Waals surface area contributed by atoms with Crippen LogP contribution in [0.15, 0.2) is 47.4 Å². The van der Waals surface area contributed by atoms with Crippen LogP contribution in [0.3, 0.4) is 0 Å². The molecule has 2 aromatic carbocycles. The highest BCUT2D eigenvalue weighted by Gasteiger charge is 2.18. The second-order valence-electron chi connectivity index (χ2n) is 4.96. The molecule has 120 valence electrons. The summed E-state index contributed by atoms with van der Waals surface area (Å²) in [5.74, 6) is -1.51. The lowest BCUT2D eigenvalue weighted by atomic mass is 10.1. The van der Waals surface area contributed by atoms with Gasteiger partial charge in [0.05, 0.1) is 5.25 Å². The van der Waals surface area contributed by atoms with Crippen LogP contribution in [-0.2, 0) is 4.79 Å². The molecule has 1 amide bonds. The van der Waals surface area contributed by atoms with Gasteiger partial charge in [-0.3, -0.25) is 9.59 Å². The van der Waals surface area contributed by atoms with Gasteiger partial charge < -0.3 is 5.32 Å². The van der Waals surface area contributed by atoms with Crippen molar-refractivity contribution in [1.82, 2.24) is 0 Å². The fourth-order valence-electron chi connectivity index (χ4n) is 1.97. The van der Waals surface area contributed by atoms with Crippen molar-refractivity contribution < 1.29 is 18.4 Å². The molecule has 0 aliphatic heterocycles. The van der Waals surface area contributed by atoms with E-state index >= 15 is 0 Å². The zero-order valence-corrected chi connectivity index (χ0v) is 13.4. The number of hydrogen-bond acceptors (Lipinski definition) is 3. The highest BCUT2D eigenvalue weighted by molar-refractivity contribution is 8.00. The third-order valence-electron chi connectivity index (χ3n) is 3.06. The number of anilines is 1. The smallest absolute Gasteiger partial charge is 0.221 e. The van der Waals surface area contributed by atoms with E-state index in [2.05, 4.69) is 5.32 Å². The second-order valence-corrected chi connectivity index (χ2v) is 6.34. The average molecular weight is 335 g/mol. The van der Waals surface area contributed by atoms with Gasteiger partial charge in [-0.25, -0.2) is 8.78 Å². The van der Waals surface area contributed by atoms with Crippen LogP contribution in [0.5, 0.6) is 0 Å². The Bertz CT molecular complexity index is 732. The van der Waals surface area contributed by atoms with Crippen molar-refractivity contribution in [2.45, 2.75) is 24.0 Å². The number of halogens is 2. The highest BCUT2D eigenvalue weighted by Crippen LogP contribution is 2.28. The largest absolute Gasteiger partial charge is 0.326 e. The van der Waals surface area contributed by atoms with Crippen molar-refractivity contribution in [3.63, 3.8) is 0 Å². The van der Waals surface area contributed by atoms with Gasteiger partial charge in [-0.15, -0.1) is 11.8 Å².